The first-order valence-electron chi connectivity index (χ1n) is 5.39. The van der Waals surface area contributed by atoms with Gasteiger partial charge in [-0.05, 0) is 11.5 Å². The smallest absolute Gasteiger partial charge is 0.243 e. The second-order valence-electron chi connectivity index (χ2n) is 4.15. The molecule has 0 saturated carbocycles. The summed E-state index contributed by atoms with van der Waals surface area (Å²) in [7, 11) is 5.01. The molecule has 0 aliphatic rings. The van der Waals surface area contributed by atoms with E-state index in [1.807, 2.05) is 22.9 Å². The zero-order valence-electron chi connectivity index (χ0n) is 10.2. The summed E-state index contributed by atoms with van der Waals surface area (Å²) in [4.78, 5) is 1.95. The summed E-state index contributed by atoms with van der Waals surface area (Å²) in [6.07, 6.45) is 0. The van der Waals surface area contributed by atoms with Crippen LogP contribution in [-0.4, -0.2) is 22.5 Å². The summed E-state index contributed by atoms with van der Waals surface area (Å²) in [6, 6.07) is 11.0. The maximum absolute atomic E-state index is 12.1. The van der Waals surface area contributed by atoms with E-state index >= 15 is 0 Å². The van der Waals surface area contributed by atoms with Crippen molar-refractivity contribution in [1.29, 1.82) is 0 Å². The first kappa shape index (κ1) is 12.9. The molecule has 94 valence electrons. The quantitative estimate of drug-likeness (QED) is 0.859. The van der Waals surface area contributed by atoms with Crippen LogP contribution >= 0.6 is 0 Å². The summed E-state index contributed by atoms with van der Waals surface area (Å²) in [5.41, 5.74) is 0.603. The lowest BCUT2D eigenvalue weighted by atomic mass is 10.1. The molecule has 2 rings (SSSR count). The summed E-state index contributed by atoms with van der Waals surface area (Å²) >= 11 is 0. The number of fused-ring (bicyclic) bond motifs is 1. The molecule has 0 heterocycles. The molecule has 2 radical (unpaired) electrons. The third-order valence-corrected chi connectivity index (χ3v) is 4.04. The van der Waals surface area contributed by atoms with Gasteiger partial charge in [0.25, 0.3) is 0 Å². The number of nitrogens with one attached hydrogen (secondary N) is 1. The van der Waals surface area contributed by atoms with E-state index in [4.69, 9.17) is 7.05 Å². The Balaban J connectivity index is 2.92. The highest BCUT2D eigenvalue weighted by Gasteiger charge is 2.21. The minimum absolute atomic E-state index is 0.202. The van der Waals surface area contributed by atoms with E-state index < -0.39 is 10.0 Å². The van der Waals surface area contributed by atoms with E-state index in [0.29, 0.717) is 11.1 Å². The van der Waals surface area contributed by atoms with Crippen molar-refractivity contribution in [3.05, 3.63) is 43.4 Å². The van der Waals surface area contributed by atoms with Crippen LogP contribution in [0.4, 0.5) is 5.69 Å². The van der Waals surface area contributed by atoms with Gasteiger partial charge < -0.3 is 4.90 Å². The van der Waals surface area contributed by atoms with Crippen LogP contribution in [0.2, 0.25) is 0 Å². The molecular formula is C13H14N2O2S. The molecule has 18 heavy (non-hydrogen) atoms. The highest BCUT2D eigenvalue weighted by atomic mass is 32.2. The van der Waals surface area contributed by atoms with Gasteiger partial charge in [-0.25, -0.2) is 13.1 Å². The van der Waals surface area contributed by atoms with Crippen molar-refractivity contribution < 1.29 is 8.42 Å². The van der Waals surface area contributed by atoms with Crippen molar-refractivity contribution in [2.45, 2.75) is 4.90 Å². The topological polar surface area (TPSA) is 49.4 Å². The monoisotopic (exact) mass is 262 g/mol. The second kappa shape index (κ2) is 4.59. The number of nitrogens with zero attached hydrogens (tertiary/aromatic N) is 1. The summed E-state index contributed by atoms with van der Waals surface area (Å²) in [5, 5.41) is 1.51. The molecule has 1 N–H and O–H groups in total. The Bertz CT molecular complexity index is 678. The molecular weight excluding hydrogens is 248 g/mol. The molecule has 0 unspecified atom stereocenters. The Morgan fingerprint density at radius 3 is 2.39 bits per heavy atom. The molecule has 0 spiro atoms. The molecule has 0 atom stereocenters. The van der Waals surface area contributed by atoms with Crippen LogP contribution in [0.25, 0.3) is 10.8 Å². The molecule has 2 aromatic carbocycles. The Kier molecular flexibility index (Phi) is 3.28. The summed E-state index contributed by atoms with van der Waals surface area (Å²) in [6.45, 7) is 0. The molecule has 0 fully saturated rings. The lowest BCUT2D eigenvalue weighted by molar-refractivity contribution is 0.591. The first-order chi connectivity index (χ1) is 8.47. The van der Waals surface area contributed by atoms with Crippen molar-refractivity contribution >= 4 is 26.5 Å². The highest BCUT2D eigenvalue weighted by Crippen LogP contribution is 2.31. The van der Waals surface area contributed by atoms with Crippen LogP contribution in [0.5, 0.6) is 0 Å². The lowest BCUT2D eigenvalue weighted by Crippen LogP contribution is -2.21. The van der Waals surface area contributed by atoms with Crippen molar-refractivity contribution in [2.75, 3.05) is 19.0 Å². The molecule has 0 saturated heterocycles. The lowest BCUT2D eigenvalue weighted by Gasteiger charge is -2.19. The standard InChI is InChI=1S/C13H14N2O2S/c1-14-18(16,17)13-11-7-5-4-6-10(11)8-9-12(13)15(2)3/h1,4-9,14H,2-3H3. The van der Waals surface area contributed by atoms with Crippen LogP contribution < -0.4 is 9.62 Å². The van der Waals surface area contributed by atoms with Gasteiger partial charge in [0.05, 0.1) is 12.7 Å². The van der Waals surface area contributed by atoms with Crippen molar-refractivity contribution in [2.24, 2.45) is 0 Å². The number of hydrogen-bond acceptors (Lipinski definition) is 3. The van der Waals surface area contributed by atoms with Gasteiger partial charge in [0.1, 0.15) is 4.90 Å². The average molecular weight is 262 g/mol. The zero-order chi connectivity index (χ0) is 13.3. The third-order valence-electron chi connectivity index (χ3n) is 2.76. The van der Waals surface area contributed by atoms with Crippen molar-refractivity contribution in [3.63, 3.8) is 0 Å². The van der Waals surface area contributed by atoms with Gasteiger partial charge in [0.15, 0.2) is 0 Å². The van der Waals surface area contributed by atoms with E-state index in [9.17, 15) is 8.42 Å². The Morgan fingerprint density at radius 1 is 1.11 bits per heavy atom. The second-order valence-corrected chi connectivity index (χ2v) is 5.80. The van der Waals surface area contributed by atoms with Crippen LogP contribution in [-0.2, 0) is 10.0 Å². The maximum atomic E-state index is 12.1. The third kappa shape index (κ3) is 2.07. The van der Waals surface area contributed by atoms with Gasteiger partial charge >= 0.3 is 0 Å². The van der Waals surface area contributed by atoms with E-state index in [2.05, 4.69) is 0 Å². The fourth-order valence-corrected chi connectivity index (χ4v) is 3.04. The predicted molar refractivity (Wildman–Crippen MR) is 72.9 cm³/mol. The summed E-state index contributed by atoms with van der Waals surface area (Å²) < 4.78 is 26.0. The average Bonchev–Trinajstić information content (AvgIpc) is 2.37. The predicted octanol–water partition coefficient (Wildman–Crippen LogP) is 1.85. The molecule has 0 aliphatic carbocycles. The zero-order valence-corrected chi connectivity index (χ0v) is 11.0. The fraction of sp³-hybridized carbons (Fsp3) is 0.154. The van der Waals surface area contributed by atoms with Gasteiger partial charge in [-0.15, -0.1) is 0 Å². The minimum Gasteiger partial charge on any atom is -0.377 e. The number of benzene rings is 2. The molecule has 4 nitrogen and oxygen atoms in total. The van der Waals surface area contributed by atoms with Crippen LogP contribution in [0, 0.1) is 7.05 Å². The summed E-state index contributed by atoms with van der Waals surface area (Å²) in [5.74, 6) is 0. The number of rotatable bonds is 3. The minimum atomic E-state index is -3.71. The van der Waals surface area contributed by atoms with Gasteiger partial charge in [-0.2, -0.15) is 0 Å². The van der Waals surface area contributed by atoms with Gasteiger partial charge in [0, 0.05) is 19.5 Å². The SMILES string of the molecule is [CH]NS(=O)(=O)c1c(N(C)C)ccc2ccccc12. The normalized spacial score (nSPS) is 11.7. The van der Waals surface area contributed by atoms with Crippen LogP contribution in [0.15, 0.2) is 41.3 Å². The maximum Gasteiger partial charge on any atom is 0.243 e. The fourth-order valence-electron chi connectivity index (χ4n) is 1.93. The molecule has 0 aromatic heterocycles. The van der Waals surface area contributed by atoms with Gasteiger partial charge in [-0.1, -0.05) is 30.3 Å². The van der Waals surface area contributed by atoms with Crippen molar-refractivity contribution in [1.82, 2.24) is 4.72 Å². The van der Waals surface area contributed by atoms with E-state index in [1.54, 1.807) is 37.2 Å². The van der Waals surface area contributed by atoms with Gasteiger partial charge in [0.2, 0.25) is 10.0 Å². The molecule has 0 aliphatic heterocycles. The van der Waals surface area contributed by atoms with E-state index in [0.717, 1.165) is 5.39 Å². The number of anilines is 1. The Labute approximate surface area is 107 Å². The highest BCUT2D eigenvalue weighted by molar-refractivity contribution is 7.90. The first-order valence-corrected chi connectivity index (χ1v) is 6.87. The van der Waals surface area contributed by atoms with E-state index in [-0.39, 0.29) is 4.90 Å². The number of sulfonamides is 1. The molecule has 5 heteroatoms. The van der Waals surface area contributed by atoms with Gasteiger partial charge in [-0.3, -0.25) is 0 Å². The van der Waals surface area contributed by atoms with Crippen LogP contribution in [0.3, 0.4) is 0 Å². The molecule has 0 amide bonds. The largest absolute Gasteiger partial charge is 0.377 e. The van der Waals surface area contributed by atoms with Crippen molar-refractivity contribution in [3.8, 4) is 0 Å². The molecule has 2 aromatic rings. The van der Waals surface area contributed by atoms with E-state index in [1.165, 1.54) is 0 Å². The number of hydrogen-bond donors (Lipinski definition) is 1. The Hall–Kier alpha value is -1.59. The van der Waals surface area contributed by atoms with Crippen LogP contribution in [0.1, 0.15) is 0 Å². The molecule has 0 bridgehead atoms. The Morgan fingerprint density at radius 2 is 1.78 bits per heavy atom.